The number of furan rings is 1. The molecule has 1 saturated heterocycles. The van der Waals surface area contributed by atoms with Gasteiger partial charge in [-0.05, 0) is 49.2 Å². The highest BCUT2D eigenvalue weighted by molar-refractivity contribution is 6.05. The molecule has 0 saturated carbocycles. The summed E-state index contributed by atoms with van der Waals surface area (Å²) in [4.78, 5) is 30.7. The molecule has 1 aromatic carbocycles. The zero-order valence-electron chi connectivity index (χ0n) is 17.9. The van der Waals surface area contributed by atoms with Crippen LogP contribution in [0.2, 0.25) is 0 Å². The van der Waals surface area contributed by atoms with E-state index in [1.54, 1.807) is 49.3 Å². The number of amides is 2. The van der Waals surface area contributed by atoms with Gasteiger partial charge in [-0.1, -0.05) is 18.2 Å². The molecule has 1 aliphatic heterocycles. The molecule has 2 atom stereocenters. The molecule has 8 heteroatoms. The van der Waals surface area contributed by atoms with Crippen molar-refractivity contribution in [3.63, 3.8) is 0 Å². The van der Waals surface area contributed by atoms with Crippen molar-refractivity contribution in [3.8, 4) is 0 Å². The number of hydrogen-bond acceptors (Lipinski definition) is 6. The molecule has 166 valence electrons. The van der Waals surface area contributed by atoms with E-state index in [-0.39, 0.29) is 25.0 Å². The monoisotopic (exact) mass is 435 g/mol. The van der Waals surface area contributed by atoms with E-state index in [1.807, 2.05) is 24.3 Å². The quantitative estimate of drug-likeness (QED) is 0.617. The molecule has 0 aliphatic carbocycles. The summed E-state index contributed by atoms with van der Waals surface area (Å²) in [7, 11) is 0. The highest BCUT2D eigenvalue weighted by Gasteiger charge is 2.37. The molecule has 0 radical (unpaired) electrons. The smallest absolute Gasteiger partial charge is 0.259 e. The summed E-state index contributed by atoms with van der Waals surface area (Å²) in [5, 5.41) is 12.9. The number of morpholine rings is 1. The number of ether oxygens (including phenoxy) is 1. The van der Waals surface area contributed by atoms with Gasteiger partial charge < -0.3 is 24.5 Å². The van der Waals surface area contributed by atoms with E-state index in [2.05, 4.69) is 10.3 Å². The summed E-state index contributed by atoms with van der Waals surface area (Å²) >= 11 is 0. The highest BCUT2D eigenvalue weighted by Crippen LogP contribution is 2.31. The Hall–Kier alpha value is -3.49. The lowest BCUT2D eigenvalue weighted by Gasteiger charge is -2.40. The van der Waals surface area contributed by atoms with Gasteiger partial charge in [-0.3, -0.25) is 14.6 Å². The van der Waals surface area contributed by atoms with Gasteiger partial charge >= 0.3 is 0 Å². The van der Waals surface area contributed by atoms with Crippen LogP contribution in [0.3, 0.4) is 0 Å². The van der Waals surface area contributed by atoms with Crippen LogP contribution in [0.4, 0.5) is 5.69 Å². The van der Waals surface area contributed by atoms with Gasteiger partial charge in [-0.2, -0.15) is 0 Å². The number of hydrogen-bond donors (Lipinski definition) is 2. The number of anilines is 1. The van der Waals surface area contributed by atoms with Gasteiger partial charge in [0.25, 0.3) is 5.91 Å². The summed E-state index contributed by atoms with van der Waals surface area (Å²) in [6, 6.07) is 12.1. The van der Waals surface area contributed by atoms with Crippen LogP contribution in [0, 0.1) is 13.8 Å². The first-order chi connectivity index (χ1) is 15.5. The van der Waals surface area contributed by atoms with Crippen molar-refractivity contribution < 1.29 is 23.8 Å². The lowest BCUT2D eigenvalue weighted by Crippen LogP contribution is -2.52. The van der Waals surface area contributed by atoms with E-state index in [4.69, 9.17) is 9.15 Å². The van der Waals surface area contributed by atoms with Gasteiger partial charge in [0.2, 0.25) is 5.91 Å². The third kappa shape index (κ3) is 4.56. The molecule has 3 heterocycles. The standard InChI is InChI=1S/C24H25N3O5/c1-15-10-20(16(2)32-15)24(30)26-19-7-5-18(6-8-19)23-21(13-28)27(22(29)14-31-23)12-17-4-3-9-25-11-17/h3-11,21,23,28H,12-14H2,1-2H3,(H,26,30)/t21-,23-/m1/s1. The summed E-state index contributed by atoms with van der Waals surface area (Å²) in [5.41, 5.74) is 2.80. The molecule has 1 aliphatic rings. The van der Waals surface area contributed by atoms with E-state index in [1.165, 1.54) is 0 Å². The van der Waals surface area contributed by atoms with Gasteiger partial charge in [-0.25, -0.2) is 0 Å². The number of nitrogens with zero attached hydrogens (tertiary/aromatic N) is 2. The average Bonchev–Trinajstić information content (AvgIpc) is 3.14. The predicted octanol–water partition coefficient (Wildman–Crippen LogP) is 3.00. The highest BCUT2D eigenvalue weighted by atomic mass is 16.5. The number of nitrogens with one attached hydrogen (secondary N) is 1. The Morgan fingerprint density at radius 3 is 2.66 bits per heavy atom. The number of benzene rings is 1. The van der Waals surface area contributed by atoms with E-state index >= 15 is 0 Å². The number of aliphatic hydroxyl groups is 1. The molecule has 3 aromatic rings. The van der Waals surface area contributed by atoms with Crippen LogP contribution in [0.25, 0.3) is 0 Å². The van der Waals surface area contributed by atoms with Crippen molar-refractivity contribution in [3.05, 3.63) is 83.1 Å². The first-order valence-electron chi connectivity index (χ1n) is 10.4. The maximum absolute atomic E-state index is 12.5. The van der Waals surface area contributed by atoms with Crippen LogP contribution in [-0.4, -0.2) is 46.1 Å². The Labute approximate surface area is 185 Å². The zero-order chi connectivity index (χ0) is 22.7. The maximum Gasteiger partial charge on any atom is 0.259 e. The van der Waals surface area contributed by atoms with Crippen molar-refractivity contribution in [2.75, 3.05) is 18.5 Å². The normalized spacial score (nSPS) is 18.6. The Kier molecular flexibility index (Phi) is 6.34. The molecular formula is C24H25N3O5. The van der Waals surface area contributed by atoms with Crippen LogP contribution >= 0.6 is 0 Å². The molecule has 2 amide bonds. The molecule has 0 bridgehead atoms. The van der Waals surface area contributed by atoms with Crippen LogP contribution < -0.4 is 5.32 Å². The van der Waals surface area contributed by atoms with Crippen LogP contribution in [0.15, 0.2) is 59.3 Å². The predicted molar refractivity (Wildman–Crippen MR) is 117 cm³/mol. The Bertz CT molecular complexity index is 1090. The van der Waals surface area contributed by atoms with Gasteiger partial charge in [0, 0.05) is 24.6 Å². The number of pyridine rings is 1. The second-order valence-corrected chi connectivity index (χ2v) is 7.77. The van der Waals surface area contributed by atoms with Crippen LogP contribution in [-0.2, 0) is 16.1 Å². The van der Waals surface area contributed by atoms with E-state index in [9.17, 15) is 14.7 Å². The number of rotatable bonds is 6. The fourth-order valence-electron chi connectivity index (χ4n) is 3.92. The molecule has 2 aromatic heterocycles. The van der Waals surface area contributed by atoms with Gasteiger partial charge in [0.1, 0.15) is 24.2 Å². The van der Waals surface area contributed by atoms with E-state index < -0.39 is 12.1 Å². The molecule has 4 rings (SSSR count). The number of carbonyl (C=O) groups is 2. The fourth-order valence-corrected chi connectivity index (χ4v) is 3.92. The number of aromatic nitrogens is 1. The molecule has 0 unspecified atom stereocenters. The maximum atomic E-state index is 12.5. The van der Waals surface area contributed by atoms with Crippen molar-refractivity contribution in [2.24, 2.45) is 0 Å². The average molecular weight is 435 g/mol. The molecule has 2 N–H and O–H groups in total. The van der Waals surface area contributed by atoms with Gasteiger partial charge in [0.15, 0.2) is 0 Å². The lowest BCUT2D eigenvalue weighted by atomic mass is 9.98. The van der Waals surface area contributed by atoms with Gasteiger partial charge in [0.05, 0.1) is 18.2 Å². The molecule has 32 heavy (non-hydrogen) atoms. The van der Waals surface area contributed by atoms with Crippen molar-refractivity contribution in [2.45, 2.75) is 32.5 Å². The minimum atomic E-state index is -0.534. The Balaban J connectivity index is 1.49. The minimum Gasteiger partial charge on any atom is -0.466 e. The molecule has 1 fully saturated rings. The van der Waals surface area contributed by atoms with Crippen LogP contribution in [0.5, 0.6) is 0 Å². The van der Waals surface area contributed by atoms with E-state index in [0.29, 0.717) is 29.3 Å². The Morgan fingerprint density at radius 2 is 2.03 bits per heavy atom. The number of aryl methyl sites for hydroxylation is 2. The minimum absolute atomic E-state index is 0.0704. The second-order valence-electron chi connectivity index (χ2n) is 7.77. The SMILES string of the molecule is Cc1cc(C(=O)Nc2ccc([C@H]3OCC(=O)N(Cc4cccnc4)[C@@H]3CO)cc2)c(C)o1. The number of carbonyl (C=O) groups excluding carboxylic acids is 2. The lowest BCUT2D eigenvalue weighted by molar-refractivity contribution is -0.162. The van der Waals surface area contributed by atoms with Gasteiger partial charge in [-0.15, -0.1) is 0 Å². The Morgan fingerprint density at radius 1 is 1.25 bits per heavy atom. The summed E-state index contributed by atoms with van der Waals surface area (Å²) < 4.78 is 11.2. The topological polar surface area (TPSA) is 105 Å². The summed E-state index contributed by atoms with van der Waals surface area (Å²) in [6.07, 6.45) is 2.89. The van der Waals surface area contributed by atoms with Crippen molar-refractivity contribution >= 4 is 17.5 Å². The molecule has 0 spiro atoms. The third-order valence-corrected chi connectivity index (χ3v) is 5.50. The molecular weight excluding hydrogens is 410 g/mol. The van der Waals surface area contributed by atoms with E-state index in [0.717, 1.165) is 11.1 Å². The van der Waals surface area contributed by atoms with Crippen molar-refractivity contribution in [1.82, 2.24) is 9.88 Å². The summed E-state index contributed by atoms with van der Waals surface area (Å²) in [6.45, 7) is 3.57. The molecule has 8 nitrogen and oxygen atoms in total. The first kappa shape index (κ1) is 21.7. The second kappa shape index (κ2) is 9.33. The van der Waals surface area contributed by atoms with Crippen molar-refractivity contribution in [1.29, 1.82) is 0 Å². The summed E-state index contributed by atoms with van der Waals surface area (Å²) in [5.74, 6) is 0.815. The first-order valence-corrected chi connectivity index (χ1v) is 10.4. The zero-order valence-corrected chi connectivity index (χ0v) is 17.9. The third-order valence-electron chi connectivity index (χ3n) is 5.50. The largest absolute Gasteiger partial charge is 0.466 e. The number of aliphatic hydroxyl groups excluding tert-OH is 1. The van der Waals surface area contributed by atoms with Crippen LogP contribution in [0.1, 0.15) is 39.1 Å². The fraction of sp³-hybridized carbons (Fsp3) is 0.292.